The summed E-state index contributed by atoms with van der Waals surface area (Å²) in [5.41, 5.74) is 4.65. The lowest BCUT2D eigenvalue weighted by Gasteiger charge is -2.17. The second-order valence-corrected chi connectivity index (χ2v) is 3.89. The number of rotatable bonds is 3. The van der Waals surface area contributed by atoms with E-state index in [4.69, 9.17) is 28.9 Å². The number of aliphatic hydroxyl groups excluding tert-OH is 2. The van der Waals surface area contributed by atoms with Crippen molar-refractivity contribution in [3.05, 3.63) is 33.6 Å². The van der Waals surface area contributed by atoms with Crippen LogP contribution in [0, 0.1) is 5.82 Å². The summed E-state index contributed by atoms with van der Waals surface area (Å²) in [5, 5.41) is 18.4. The molecule has 0 aliphatic rings. The molecule has 1 aromatic carbocycles. The third-order valence-corrected chi connectivity index (χ3v) is 2.56. The van der Waals surface area contributed by atoms with Gasteiger partial charge in [-0.3, -0.25) is 4.79 Å². The number of hydrogen-bond acceptors (Lipinski definition) is 3. The molecule has 1 aromatic rings. The molecular weight excluding hydrogens is 260 g/mol. The van der Waals surface area contributed by atoms with Crippen LogP contribution in [0.1, 0.15) is 11.7 Å². The lowest BCUT2D eigenvalue weighted by Crippen LogP contribution is -2.34. The topological polar surface area (TPSA) is 83.6 Å². The molecule has 0 spiro atoms. The van der Waals surface area contributed by atoms with Crippen molar-refractivity contribution >= 4 is 29.1 Å². The van der Waals surface area contributed by atoms with Crippen molar-refractivity contribution in [3.63, 3.8) is 0 Å². The number of benzene rings is 1. The zero-order chi connectivity index (χ0) is 12.5. The SMILES string of the molecule is NC(=O)C(O)C(O)c1c(Cl)cc(F)cc1Cl. The Kier molecular flexibility index (Phi) is 4.09. The summed E-state index contributed by atoms with van der Waals surface area (Å²) in [6.07, 6.45) is -3.56. The maximum atomic E-state index is 12.8. The van der Waals surface area contributed by atoms with E-state index in [9.17, 15) is 19.4 Å². The van der Waals surface area contributed by atoms with Gasteiger partial charge in [0.1, 0.15) is 11.9 Å². The number of amides is 1. The van der Waals surface area contributed by atoms with Gasteiger partial charge in [0.05, 0.1) is 10.0 Å². The minimum absolute atomic E-state index is 0.143. The second kappa shape index (κ2) is 4.97. The van der Waals surface area contributed by atoms with Crippen LogP contribution in [0.4, 0.5) is 4.39 Å². The van der Waals surface area contributed by atoms with Gasteiger partial charge < -0.3 is 15.9 Å². The minimum atomic E-state index is -1.86. The molecular formula is C9H8Cl2FNO3. The van der Waals surface area contributed by atoms with E-state index in [2.05, 4.69) is 0 Å². The second-order valence-electron chi connectivity index (χ2n) is 3.08. The lowest BCUT2D eigenvalue weighted by molar-refractivity contribution is -0.131. The predicted molar refractivity (Wildman–Crippen MR) is 56.6 cm³/mol. The standard InChI is InChI=1S/C9H8Cl2FNO3/c10-4-1-3(12)2-5(11)6(4)7(14)8(15)9(13)16/h1-2,7-8,14-15H,(H2,13,16). The Hall–Kier alpha value is -0.880. The number of halogens is 3. The van der Waals surface area contributed by atoms with Crippen LogP contribution in [0.15, 0.2) is 12.1 Å². The van der Waals surface area contributed by atoms with Crippen LogP contribution >= 0.6 is 23.2 Å². The smallest absolute Gasteiger partial charge is 0.249 e. The maximum Gasteiger partial charge on any atom is 0.249 e. The molecule has 0 aromatic heterocycles. The summed E-state index contributed by atoms with van der Waals surface area (Å²) >= 11 is 11.3. The molecule has 0 aliphatic heterocycles. The largest absolute Gasteiger partial charge is 0.385 e. The molecule has 0 saturated heterocycles. The van der Waals surface area contributed by atoms with E-state index < -0.39 is 23.9 Å². The van der Waals surface area contributed by atoms with Crippen molar-refractivity contribution in [2.24, 2.45) is 5.73 Å². The summed E-state index contributed by atoms with van der Waals surface area (Å²) < 4.78 is 12.8. The average molecular weight is 268 g/mol. The number of hydrogen-bond donors (Lipinski definition) is 3. The number of primary amides is 1. The van der Waals surface area contributed by atoms with Gasteiger partial charge in [0.2, 0.25) is 5.91 Å². The molecule has 0 heterocycles. The Bertz CT molecular complexity index is 404. The summed E-state index contributed by atoms with van der Waals surface area (Å²) in [7, 11) is 0. The Morgan fingerprint density at radius 3 is 2.12 bits per heavy atom. The van der Waals surface area contributed by atoms with Crippen molar-refractivity contribution in [1.82, 2.24) is 0 Å². The Morgan fingerprint density at radius 2 is 1.75 bits per heavy atom. The van der Waals surface area contributed by atoms with Crippen LogP contribution in [0.3, 0.4) is 0 Å². The lowest BCUT2D eigenvalue weighted by atomic mass is 10.0. The van der Waals surface area contributed by atoms with Gasteiger partial charge in [0.25, 0.3) is 0 Å². The number of nitrogens with two attached hydrogens (primary N) is 1. The quantitative estimate of drug-likeness (QED) is 0.765. The molecule has 4 N–H and O–H groups in total. The fraction of sp³-hybridized carbons (Fsp3) is 0.222. The first-order valence-electron chi connectivity index (χ1n) is 4.14. The van der Waals surface area contributed by atoms with Crippen LogP contribution in [-0.4, -0.2) is 22.2 Å². The molecule has 7 heteroatoms. The monoisotopic (exact) mass is 267 g/mol. The minimum Gasteiger partial charge on any atom is -0.385 e. The molecule has 0 fully saturated rings. The number of carbonyl (C=O) groups is 1. The van der Waals surface area contributed by atoms with E-state index in [0.29, 0.717) is 0 Å². The maximum absolute atomic E-state index is 12.8. The molecule has 1 rings (SSSR count). The molecule has 0 radical (unpaired) electrons. The molecule has 0 aliphatic carbocycles. The van der Waals surface area contributed by atoms with E-state index in [0.717, 1.165) is 12.1 Å². The van der Waals surface area contributed by atoms with Crippen molar-refractivity contribution in [2.75, 3.05) is 0 Å². The van der Waals surface area contributed by atoms with Crippen LogP contribution < -0.4 is 5.73 Å². The highest BCUT2D eigenvalue weighted by Crippen LogP contribution is 2.32. The highest BCUT2D eigenvalue weighted by molar-refractivity contribution is 6.36. The van der Waals surface area contributed by atoms with Gasteiger partial charge in [-0.2, -0.15) is 0 Å². The molecule has 16 heavy (non-hydrogen) atoms. The summed E-state index contributed by atoms with van der Waals surface area (Å²) in [4.78, 5) is 10.7. The first-order valence-corrected chi connectivity index (χ1v) is 4.90. The number of carbonyl (C=O) groups excluding carboxylic acids is 1. The highest BCUT2D eigenvalue weighted by atomic mass is 35.5. The van der Waals surface area contributed by atoms with Crippen LogP contribution in [0.5, 0.6) is 0 Å². The fourth-order valence-corrected chi connectivity index (χ4v) is 1.83. The average Bonchev–Trinajstić information content (AvgIpc) is 2.14. The van der Waals surface area contributed by atoms with Crippen LogP contribution in [0.25, 0.3) is 0 Å². The van der Waals surface area contributed by atoms with Gasteiger partial charge in [0.15, 0.2) is 6.10 Å². The molecule has 2 unspecified atom stereocenters. The third-order valence-electron chi connectivity index (χ3n) is 1.93. The third kappa shape index (κ3) is 2.62. The Morgan fingerprint density at radius 1 is 1.31 bits per heavy atom. The van der Waals surface area contributed by atoms with Gasteiger partial charge in [-0.1, -0.05) is 23.2 Å². The van der Waals surface area contributed by atoms with Crippen molar-refractivity contribution in [1.29, 1.82) is 0 Å². The molecule has 1 amide bonds. The Labute approximate surface area is 100 Å². The van der Waals surface area contributed by atoms with Crippen LogP contribution in [-0.2, 0) is 4.79 Å². The van der Waals surface area contributed by atoms with Gasteiger partial charge >= 0.3 is 0 Å². The van der Waals surface area contributed by atoms with Crippen LogP contribution in [0.2, 0.25) is 10.0 Å². The first kappa shape index (κ1) is 13.2. The van der Waals surface area contributed by atoms with Gasteiger partial charge in [-0.05, 0) is 12.1 Å². The highest BCUT2D eigenvalue weighted by Gasteiger charge is 2.27. The van der Waals surface area contributed by atoms with Gasteiger partial charge in [-0.25, -0.2) is 4.39 Å². The van der Waals surface area contributed by atoms with Crippen molar-refractivity contribution in [2.45, 2.75) is 12.2 Å². The Balaban J connectivity index is 3.18. The van der Waals surface area contributed by atoms with E-state index >= 15 is 0 Å². The van der Waals surface area contributed by atoms with E-state index in [1.54, 1.807) is 0 Å². The van der Waals surface area contributed by atoms with Gasteiger partial charge in [0, 0.05) is 5.56 Å². The number of aliphatic hydroxyl groups is 2. The molecule has 88 valence electrons. The molecule has 4 nitrogen and oxygen atoms in total. The zero-order valence-electron chi connectivity index (χ0n) is 7.82. The summed E-state index contributed by atoms with van der Waals surface area (Å²) in [6, 6.07) is 1.80. The van der Waals surface area contributed by atoms with E-state index in [1.807, 2.05) is 0 Å². The zero-order valence-corrected chi connectivity index (χ0v) is 9.34. The summed E-state index contributed by atoms with van der Waals surface area (Å²) in [5.74, 6) is -1.83. The molecule has 0 saturated carbocycles. The normalized spacial score (nSPS) is 14.6. The van der Waals surface area contributed by atoms with E-state index in [-0.39, 0.29) is 15.6 Å². The van der Waals surface area contributed by atoms with E-state index in [1.165, 1.54) is 0 Å². The first-order chi connectivity index (χ1) is 7.34. The fourth-order valence-electron chi connectivity index (χ4n) is 1.15. The molecule has 0 bridgehead atoms. The van der Waals surface area contributed by atoms with Crippen molar-refractivity contribution in [3.8, 4) is 0 Å². The molecule has 2 atom stereocenters. The van der Waals surface area contributed by atoms with Crippen molar-refractivity contribution < 1.29 is 19.4 Å². The summed E-state index contributed by atoms with van der Waals surface area (Å²) in [6.45, 7) is 0. The van der Waals surface area contributed by atoms with Gasteiger partial charge in [-0.15, -0.1) is 0 Å². The predicted octanol–water partition coefficient (Wildman–Crippen LogP) is 1.01.